The Morgan fingerprint density at radius 2 is 1.18 bits per heavy atom. The van der Waals surface area contributed by atoms with Gasteiger partial charge in [-0.25, -0.2) is 0 Å². The molecule has 0 bridgehead atoms. The highest BCUT2D eigenvalue weighted by Crippen LogP contribution is 2.39. The number of benzene rings is 2. The second-order valence-electron chi connectivity index (χ2n) is 8.86. The van der Waals surface area contributed by atoms with Gasteiger partial charge in [0.25, 0.3) is 0 Å². The molecule has 3 aromatic rings. The Hall–Kier alpha value is -2.62. The molecule has 0 aliphatic carbocycles. The maximum Gasteiger partial charge on any atom is 0.143 e. The summed E-state index contributed by atoms with van der Waals surface area (Å²) in [6.45, 7) is 43.9. The molecule has 0 saturated heterocycles. The van der Waals surface area contributed by atoms with E-state index in [1.165, 1.54) is 16.3 Å². The van der Waals surface area contributed by atoms with Crippen molar-refractivity contribution < 1.29 is 9.84 Å². The fourth-order valence-electron chi connectivity index (χ4n) is 4.54. The van der Waals surface area contributed by atoms with Crippen LogP contribution < -0.4 is 10.1 Å². The Morgan fingerprint density at radius 1 is 0.705 bits per heavy atom. The first-order chi connectivity index (χ1) is 21.2. The van der Waals surface area contributed by atoms with Crippen molar-refractivity contribution in [2.45, 2.75) is 164 Å². The molecule has 1 unspecified atom stereocenters. The number of fused-ring (bicyclic) bond motifs is 1. The zero-order valence-corrected chi connectivity index (χ0v) is 33.5. The molecule has 0 radical (unpaired) electrons. The summed E-state index contributed by atoms with van der Waals surface area (Å²) in [7, 11) is 0. The third-order valence-corrected chi connectivity index (χ3v) is 5.70. The summed E-state index contributed by atoms with van der Waals surface area (Å²) in [5, 5.41) is 17.0. The van der Waals surface area contributed by atoms with Crippen molar-refractivity contribution in [3.63, 3.8) is 0 Å². The molecule has 4 heteroatoms. The van der Waals surface area contributed by atoms with Crippen LogP contribution in [0.4, 0.5) is 5.69 Å². The molecule has 3 rings (SSSR count). The molecule has 0 fully saturated rings. The highest BCUT2D eigenvalue weighted by atomic mass is 16.5. The molecule has 0 aliphatic heterocycles. The molecular weight excluding hydrogens is 540 g/mol. The Kier molecular flexibility index (Phi) is 38.6. The lowest BCUT2D eigenvalue weighted by Gasteiger charge is -2.19. The first kappa shape index (κ1) is 51.0. The second kappa shape index (κ2) is 33.3. The van der Waals surface area contributed by atoms with E-state index in [1.54, 1.807) is 6.07 Å². The van der Waals surface area contributed by atoms with Crippen molar-refractivity contribution in [3.8, 4) is 17.2 Å². The second-order valence-corrected chi connectivity index (χ2v) is 8.86. The van der Waals surface area contributed by atoms with Crippen LogP contribution in [0, 0.1) is 26.7 Å². The van der Waals surface area contributed by atoms with Gasteiger partial charge in [0.2, 0.25) is 0 Å². The van der Waals surface area contributed by atoms with Gasteiger partial charge in [-0.15, -0.1) is 0 Å². The number of ether oxygens (including phenoxy) is 1. The summed E-state index contributed by atoms with van der Waals surface area (Å²) in [5.41, 5.74) is 5.45. The summed E-state index contributed by atoms with van der Waals surface area (Å²) in [5.74, 6) is 1.58. The summed E-state index contributed by atoms with van der Waals surface area (Å²) >= 11 is 0. The predicted octanol–water partition coefficient (Wildman–Crippen LogP) is 14.1. The van der Waals surface area contributed by atoms with E-state index in [1.807, 2.05) is 109 Å². The van der Waals surface area contributed by atoms with Gasteiger partial charge in [-0.2, -0.15) is 0 Å². The van der Waals surface area contributed by atoms with Crippen molar-refractivity contribution in [2.75, 3.05) is 11.9 Å². The van der Waals surface area contributed by atoms with Crippen LogP contribution in [-0.2, 0) is 0 Å². The number of phenolic OH excluding ortho intramolecular Hbond substituents is 1. The van der Waals surface area contributed by atoms with Gasteiger partial charge in [0.05, 0.1) is 12.3 Å². The quantitative estimate of drug-likeness (QED) is 0.264. The zero-order chi connectivity index (χ0) is 36.0. The third-order valence-electron chi connectivity index (χ3n) is 5.70. The Bertz CT molecular complexity index is 1040. The van der Waals surface area contributed by atoms with Gasteiger partial charge in [-0.1, -0.05) is 124 Å². The van der Waals surface area contributed by atoms with E-state index in [-0.39, 0.29) is 5.75 Å². The number of aromatic nitrogens is 1. The van der Waals surface area contributed by atoms with E-state index < -0.39 is 0 Å². The lowest BCUT2D eigenvalue weighted by Crippen LogP contribution is -2.17. The number of nitrogens with zero attached hydrogens (tertiary/aromatic N) is 1. The van der Waals surface area contributed by atoms with E-state index in [0.29, 0.717) is 24.3 Å². The van der Waals surface area contributed by atoms with Gasteiger partial charge in [-0.3, -0.25) is 0 Å². The number of hydrogen-bond acceptors (Lipinski definition) is 3. The summed E-state index contributed by atoms with van der Waals surface area (Å²) in [4.78, 5) is 0. The maximum atomic E-state index is 10.8. The lowest BCUT2D eigenvalue weighted by atomic mass is 10.0. The minimum absolute atomic E-state index is 0.232. The van der Waals surface area contributed by atoms with E-state index in [4.69, 9.17) is 4.74 Å². The van der Waals surface area contributed by atoms with Crippen LogP contribution in [0.5, 0.6) is 11.5 Å². The Labute approximate surface area is 277 Å². The normalized spacial score (nSPS) is 9.50. The van der Waals surface area contributed by atoms with E-state index in [0.717, 1.165) is 35.6 Å². The van der Waals surface area contributed by atoms with Gasteiger partial charge in [0.15, 0.2) is 0 Å². The number of hydrogen-bond donors (Lipinski definition) is 2. The fourth-order valence-corrected chi connectivity index (χ4v) is 4.54. The number of rotatable bonds is 8. The molecular formula is C40H78N2O2. The van der Waals surface area contributed by atoms with Crippen LogP contribution in [0.1, 0.15) is 154 Å². The average molecular weight is 619 g/mol. The average Bonchev–Trinajstić information content (AvgIpc) is 3.34. The van der Waals surface area contributed by atoms with Crippen LogP contribution in [0.25, 0.3) is 16.5 Å². The molecule has 2 aromatic carbocycles. The molecule has 260 valence electrons. The summed E-state index contributed by atoms with van der Waals surface area (Å²) in [6, 6.07) is 10.4. The van der Waals surface area contributed by atoms with Crippen LogP contribution in [0.3, 0.4) is 0 Å². The number of aryl methyl sites for hydroxylation is 3. The van der Waals surface area contributed by atoms with Crippen LogP contribution in [0.2, 0.25) is 0 Å². The minimum atomic E-state index is 0.232. The number of nitrogens with one attached hydrogen (secondary N) is 1. The molecule has 2 N–H and O–H groups in total. The van der Waals surface area contributed by atoms with Crippen LogP contribution in [0.15, 0.2) is 30.3 Å². The molecule has 1 heterocycles. The lowest BCUT2D eigenvalue weighted by molar-refractivity contribution is 0.315. The van der Waals surface area contributed by atoms with Crippen molar-refractivity contribution in [3.05, 3.63) is 47.3 Å². The zero-order valence-electron chi connectivity index (χ0n) is 33.5. The summed E-state index contributed by atoms with van der Waals surface area (Å²) < 4.78 is 7.84. The van der Waals surface area contributed by atoms with Gasteiger partial charge < -0.3 is 19.7 Å². The SMILES string of the molecule is CC.CC.CC.CC.CC.CC.CC.CCCOc1ccc(-n2c(C)c3c(C)ccc(NC(C)CC(C)C)c3c2C)c(O)c1. The Balaban J connectivity index is -0.000000319. The van der Waals surface area contributed by atoms with Gasteiger partial charge in [0.1, 0.15) is 11.5 Å². The molecule has 4 nitrogen and oxygen atoms in total. The van der Waals surface area contributed by atoms with Crippen LogP contribution in [-0.4, -0.2) is 22.3 Å². The molecule has 0 amide bonds. The molecule has 44 heavy (non-hydrogen) atoms. The standard InChI is InChI=1S/C26H36N2O2.7C2H6/c1-8-13-30-21-10-12-23(24(29)15-21)28-19(6)25-17(4)9-11-22(26(25)20(28)7)27-18(5)14-16(2)3;7*1-2/h9-12,15-16,18,27,29H,8,13-14H2,1-7H3;7*1-2H3. The van der Waals surface area contributed by atoms with Gasteiger partial charge in [0, 0.05) is 40.0 Å². The van der Waals surface area contributed by atoms with Crippen molar-refractivity contribution in [1.29, 1.82) is 0 Å². The molecule has 0 spiro atoms. The molecule has 0 aliphatic rings. The number of phenols is 1. The number of anilines is 1. The van der Waals surface area contributed by atoms with Crippen molar-refractivity contribution >= 4 is 16.5 Å². The number of aromatic hydroxyl groups is 1. The molecule has 1 aromatic heterocycles. The molecule has 0 saturated carbocycles. The largest absolute Gasteiger partial charge is 0.506 e. The van der Waals surface area contributed by atoms with E-state index in [9.17, 15) is 5.11 Å². The predicted molar refractivity (Wildman–Crippen MR) is 207 cm³/mol. The van der Waals surface area contributed by atoms with E-state index >= 15 is 0 Å². The molecule has 1 atom stereocenters. The van der Waals surface area contributed by atoms with Gasteiger partial charge >= 0.3 is 0 Å². The highest BCUT2D eigenvalue weighted by Gasteiger charge is 2.20. The van der Waals surface area contributed by atoms with Crippen molar-refractivity contribution in [1.82, 2.24) is 4.57 Å². The minimum Gasteiger partial charge on any atom is -0.506 e. The fraction of sp³-hybridized carbons (Fsp3) is 0.650. The Morgan fingerprint density at radius 3 is 1.61 bits per heavy atom. The van der Waals surface area contributed by atoms with E-state index in [2.05, 4.69) is 70.5 Å². The van der Waals surface area contributed by atoms with Crippen LogP contribution >= 0.6 is 0 Å². The highest BCUT2D eigenvalue weighted by molar-refractivity contribution is 6.01. The smallest absolute Gasteiger partial charge is 0.143 e. The maximum absolute atomic E-state index is 10.8. The third kappa shape index (κ3) is 16.5. The summed E-state index contributed by atoms with van der Waals surface area (Å²) in [6.07, 6.45) is 2.06. The topological polar surface area (TPSA) is 46.4 Å². The van der Waals surface area contributed by atoms with Gasteiger partial charge in [-0.05, 0) is 70.2 Å². The first-order valence-corrected chi connectivity index (χ1v) is 18.1. The van der Waals surface area contributed by atoms with Crippen molar-refractivity contribution in [2.24, 2.45) is 5.92 Å². The monoisotopic (exact) mass is 619 g/mol. The first-order valence-electron chi connectivity index (χ1n) is 18.1.